The van der Waals surface area contributed by atoms with Crippen LogP contribution in [0.5, 0.6) is 0 Å². The van der Waals surface area contributed by atoms with Gasteiger partial charge in [-0.15, -0.1) is 0 Å². The highest BCUT2D eigenvalue weighted by molar-refractivity contribution is 6.30. The van der Waals surface area contributed by atoms with Gasteiger partial charge >= 0.3 is 0 Å². The molecule has 0 aliphatic carbocycles. The maximum atomic E-state index is 6.06. The largest absolute Gasteiger partial charge is 0.384 e. The molecule has 2 aromatic heterocycles. The van der Waals surface area contributed by atoms with Crippen LogP contribution in [0.25, 0.3) is 11.3 Å². The number of pyridine rings is 1. The third kappa shape index (κ3) is 7.49. The smallest absolute Gasteiger partial charge is 0.149 e. The lowest BCUT2D eigenvalue weighted by Crippen LogP contribution is -2.27. The van der Waals surface area contributed by atoms with Crippen molar-refractivity contribution in [2.75, 3.05) is 36.8 Å². The SMILES string of the molecule is CCCN(CCC)CCCNc1cncc(-c2cncc(Nc3cccc(Cl)c3)n2)c1. The molecule has 3 rings (SSSR count). The van der Waals surface area contributed by atoms with Gasteiger partial charge in [0, 0.05) is 35.2 Å². The Hall–Kier alpha value is -2.70. The summed E-state index contributed by atoms with van der Waals surface area (Å²) in [5, 5.41) is 7.40. The Morgan fingerprint density at radius 3 is 2.48 bits per heavy atom. The van der Waals surface area contributed by atoms with Crippen molar-refractivity contribution in [2.45, 2.75) is 33.1 Å². The molecule has 0 atom stereocenters. The predicted octanol–water partition coefficient (Wildman–Crippen LogP) is 5.86. The molecule has 31 heavy (non-hydrogen) atoms. The summed E-state index contributed by atoms with van der Waals surface area (Å²) in [4.78, 5) is 15.9. The van der Waals surface area contributed by atoms with E-state index in [-0.39, 0.29) is 0 Å². The van der Waals surface area contributed by atoms with Gasteiger partial charge in [0.25, 0.3) is 0 Å². The first-order valence-electron chi connectivity index (χ1n) is 10.9. The second-order valence-corrected chi connectivity index (χ2v) is 7.95. The molecule has 0 radical (unpaired) electrons. The van der Waals surface area contributed by atoms with Crippen LogP contribution < -0.4 is 10.6 Å². The number of nitrogens with zero attached hydrogens (tertiary/aromatic N) is 4. The highest BCUT2D eigenvalue weighted by Gasteiger charge is 2.06. The molecule has 2 heterocycles. The minimum atomic E-state index is 0.657. The highest BCUT2D eigenvalue weighted by Crippen LogP contribution is 2.23. The molecule has 2 N–H and O–H groups in total. The zero-order valence-electron chi connectivity index (χ0n) is 18.3. The average Bonchev–Trinajstić information content (AvgIpc) is 2.77. The van der Waals surface area contributed by atoms with Crippen molar-refractivity contribution in [1.29, 1.82) is 0 Å². The predicted molar refractivity (Wildman–Crippen MR) is 130 cm³/mol. The van der Waals surface area contributed by atoms with E-state index in [1.807, 2.05) is 36.7 Å². The van der Waals surface area contributed by atoms with Gasteiger partial charge in [0.1, 0.15) is 5.82 Å². The Bertz CT molecular complexity index is 943. The molecule has 0 saturated carbocycles. The maximum Gasteiger partial charge on any atom is 0.149 e. The van der Waals surface area contributed by atoms with Crippen LogP contribution in [0, 0.1) is 0 Å². The molecule has 3 aromatic rings. The van der Waals surface area contributed by atoms with Crippen LogP contribution in [0.2, 0.25) is 5.02 Å². The lowest BCUT2D eigenvalue weighted by molar-refractivity contribution is 0.274. The lowest BCUT2D eigenvalue weighted by Gasteiger charge is -2.20. The number of halogens is 1. The van der Waals surface area contributed by atoms with E-state index in [9.17, 15) is 0 Å². The number of rotatable bonds is 12. The van der Waals surface area contributed by atoms with Crippen LogP contribution >= 0.6 is 11.6 Å². The quantitative estimate of drug-likeness (QED) is 0.345. The van der Waals surface area contributed by atoms with Gasteiger partial charge in [-0.2, -0.15) is 0 Å². The maximum absolute atomic E-state index is 6.06. The molecule has 1 aromatic carbocycles. The van der Waals surface area contributed by atoms with E-state index in [1.54, 1.807) is 12.4 Å². The van der Waals surface area contributed by atoms with E-state index in [0.717, 1.165) is 42.1 Å². The van der Waals surface area contributed by atoms with Gasteiger partial charge in [0.05, 0.1) is 23.8 Å². The summed E-state index contributed by atoms with van der Waals surface area (Å²) in [6.45, 7) is 8.84. The van der Waals surface area contributed by atoms with E-state index in [4.69, 9.17) is 11.6 Å². The van der Waals surface area contributed by atoms with E-state index in [1.165, 1.54) is 25.9 Å². The third-order valence-corrected chi connectivity index (χ3v) is 5.06. The first kappa shape index (κ1) is 23.0. The van der Waals surface area contributed by atoms with Crippen LogP contribution in [-0.4, -0.2) is 46.0 Å². The summed E-state index contributed by atoms with van der Waals surface area (Å²) in [5.74, 6) is 0.657. The normalized spacial score (nSPS) is 11.0. The Morgan fingerprint density at radius 1 is 0.903 bits per heavy atom. The number of nitrogens with one attached hydrogen (secondary N) is 2. The number of benzene rings is 1. The Balaban J connectivity index is 1.59. The number of hydrogen-bond acceptors (Lipinski definition) is 6. The fraction of sp³-hybridized carbons (Fsp3) is 0.375. The second-order valence-electron chi connectivity index (χ2n) is 7.51. The Morgan fingerprint density at radius 2 is 1.71 bits per heavy atom. The highest BCUT2D eigenvalue weighted by atomic mass is 35.5. The van der Waals surface area contributed by atoms with Gasteiger partial charge in [0.15, 0.2) is 0 Å². The molecule has 0 saturated heterocycles. The first-order valence-corrected chi connectivity index (χ1v) is 11.3. The van der Waals surface area contributed by atoms with Gasteiger partial charge in [-0.05, 0) is 63.2 Å². The summed E-state index contributed by atoms with van der Waals surface area (Å²) < 4.78 is 0. The number of anilines is 3. The van der Waals surface area contributed by atoms with Gasteiger partial charge in [-0.25, -0.2) is 4.98 Å². The van der Waals surface area contributed by atoms with Gasteiger partial charge < -0.3 is 15.5 Å². The van der Waals surface area contributed by atoms with E-state index < -0.39 is 0 Å². The molecule has 0 aliphatic rings. The van der Waals surface area contributed by atoms with Crippen molar-refractivity contribution >= 4 is 28.8 Å². The fourth-order valence-corrected chi connectivity index (χ4v) is 3.65. The topological polar surface area (TPSA) is 66.0 Å². The summed E-state index contributed by atoms with van der Waals surface area (Å²) in [6, 6.07) is 9.59. The molecule has 0 fully saturated rings. The van der Waals surface area contributed by atoms with Gasteiger partial charge in [-0.3, -0.25) is 9.97 Å². The van der Waals surface area contributed by atoms with Crippen LogP contribution in [0.1, 0.15) is 33.1 Å². The van der Waals surface area contributed by atoms with Crippen LogP contribution in [-0.2, 0) is 0 Å². The Labute approximate surface area is 190 Å². The monoisotopic (exact) mass is 438 g/mol. The molecule has 7 heteroatoms. The molecule has 6 nitrogen and oxygen atoms in total. The standard InChI is InChI=1S/C24H31ClN6/c1-3-10-31(11-4-2)12-6-9-28-22-13-19(15-26-16-22)23-17-27-18-24(30-23)29-21-8-5-7-20(25)14-21/h5,7-8,13-18,28H,3-4,6,9-12H2,1-2H3,(H,29,30). The zero-order valence-corrected chi connectivity index (χ0v) is 19.1. The number of hydrogen-bond donors (Lipinski definition) is 2. The third-order valence-electron chi connectivity index (χ3n) is 4.83. The van der Waals surface area contributed by atoms with E-state index >= 15 is 0 Å². The molecule has 0 unspecified atom stereocenters. The van der Waals surface area contributed by atoms with Crippen molar-refractivity contribution in [2.24, 2.45) is 0 Å². The summed E-state index contributed by atoms with van der Waals surface area (Å²) in [6.07, 6.45) is 10.6. The van der Waals surface area contributed by atoms with Crippen molar-refractivity contribution in [3.8, 4) is 11.3 Å². The minimum absolute atomic E-state index is 0.657. The molecule has 0 bridgehead atoms. The van der Waals surface area contributed by atoms with Gasteiger partial charge in [0.2, 0.25) is 0 Å². The van der Waals surface area contributed by atoms with Crippen molar-refractivity contribution in [3.05, 3.63) is 60.1 Å². The Kier molecular flexibility index (Phi) is 9.06. The molecule has 164 valence electrons. The summed E-state index contributed by atoms with van der Waals surface area (Å²) in [5.41, 5.74) is 3.55. The molecular weight excluding hydrogens is 408 g/mol. The summed E-state index contributed by atoms with van der Waals surface area (Å²) >= 11 is 6.06. The second kappa shape index (κ2) is 12.2. The lowest BCUT2D eigenvalue weighted by atomic mass is 10.2. The molecule has 0 spiro atoms. The van der Waals surface area contributed by atoms with Crippen LogP contribution in [0.4, 0.5) is 17.2 Å². The zero-order chi connectivity index (χ0) is 21.9. The minimum Gasteiger partial charge on any atom is -0.384 e. The average molecular weight is 439 g/mol. The fourth-order valence-electron chi connectivity index (χ4n) is 3.46. The first-order chi connectivity index (χ1) is 15.2. The summed E-state index contributed by atoms with van der Waals surface area (Å²) in [7, 11) is 0. The van der Waals surface area contributed by atoms with Crippen molar-refractivity contribution in [3.63, 3.8) is 0 Å². The van der Waals surface area contributed by atoms with Crippen molar-refractivity contribution in [1.82, 2.24) is 19.9 Å². The van der Waals surface area contributed by atoms with Crippen LogP contribution in [0.15, 0.2) is 55.1 Å². The van der Waals surface area contributed by atoms with Gasteiger partial charge in [-0.1, -0.05) is 31.5 Å². The molecular formula is C24H31ClN6. The van der Waals surface area contributed by atoms with E-state index in [0.29, 0.717) is 10.8 Å². The molecule has 0 aliphatic heterocycles. The molecule has 0 amide bonds. The number of aromatic nitrogens is 3. The van der Waals surface area contributed by atoms with Crippen LogP contribution in [0.3, 0.4) is 0 Å². The van der Waals surface area contributed by atoms with E-state index in [2.05, 4.69) is 50.4 Å². The van der Waals surface area contributed by atoms with Crippen molar-refractivity contribution < 1.29 is 0 Å².